The van der Waals surface area contributed by atoms with E-state index in [2.05, 4.69) is 20.4 Å². The first-order valence-electron chi connectivity index (χ1n) is 7.35. The fourth-order valence-corrected chi connectivity index (χ4v) is 3.60. The second-order valence-corrected chi connectivity index (χ2v) is 6.49. The maximum atomic E-state index is 4.45. The summed E-state index contributed by atoms with van der Waals surface area (Å²) in [4.78, 5) is 0. The van der Waals surface area contributed by atoms with Gasteiger partial charge in [0.15, 0.2) is 0 Å². The molecule has 2 saturated carbocycles. The molecule has 0 atom stereocenters. The molecular weight excluding hydrogens is 312 g/mol. The van der Waals surface area contributed by atoms with Crippen LogP contribution in [0.1, 0.15) is 65.2 Å². The molecule has 0 N–H and O–H groups in total. The van der Waals surface area contributed by atoms with Crippen LogP contribution in [-0.2, 0) is 0 Å². The number of hydrogen-bond donors (Lipinski definition) is 0. The summed E-state index contributed by atoms with van der Waals surface area (Å²) in [6, 6.07) is 0. The van der Waals surface area contributed by atoms with Crippen molar-refractivity contribution >= 4 is 0 Å². The Morgan fingerprint density at radius 3 is 1.16 bits per heavy atom. The number of rotatable bonds is 2. The Morgan fingerprint density at radius 2 is 0.895 bits per heavy atom. The quantitative estimate of drug-likeness (QED) is 0.607. The minimum Gasteiger partial charge on any atom is -0.0993 e. The van der Waals surface area contributed by atoms with Gasteiger partial charge < -0.3 is 0 Å². The molecule has 2 fully saturated rings. The van der Waals surface area contributed by atoms with Crippen molar-refractivity contribution in [1.29, 1.82) is 0 Å². The topological polar surface area (TPSA) is 0 Å². The first kappa shape index (κ1) is 24.8. The Balaban J connectivity index is 0. The standard InChI is InChI=1S/C16H28.3Ar/c1-12-4-8-15(9-5-12)14(3)16-10-6-13(2)7-11-16;;;/h12-13,15-16H,3-11H2,1-2H3;;;. The third-order valence-corrected chi connectivity index (χ3v) is 5.08. The zero-order valence-electron chi connectivity index (χ0n) is 12.2. The molecule has 0 aliphatic heterocycles. The van der Waals surface area contributed by atoms with Gasteiger partial charge in [-0.1, -0.05) is 51.7 Å². The zero-order valence-corrected chi connectivity index (χ0v) is 14.4. The first-order valence-corrected chi connectivity index (χ1v) is 7.35. The molecule has 116 valence electrons. The predicted molar refractivity (Wildman–Crippen MR) is 71.4 cm³/mol. The van der Waals surface area contributed by atoms with Gasteiger partial charge >= 0.3 is 0 Å². The Morgan fingerprint density at radius 1 is 0.632 bits per heavy atom. The van der Waals surface area contributed by atoms with E-state index in [0.29, 0.717) is 0 Å². The molecule has 0 heterocycles. The van der Waals surface area contributed by atoms with E-state index in [1.807, 2.05) is 0 Å². The third-order valence-electron chi connectivity index (χ3n) is 5.08. The molecule has 0 radical (unpaired) electrons. The molecule has 0 saturated heterocycles. The molecule has 0 aromatic carbocycles. The van der Waals surface area contributed by atoms with Crippen molar-refractivity contribution < 1.29 is 113 Å². The number of allylic oxidation sites excluding steroid dienone is 1. The van der Waals surface area contributed by atoms with E-state index >= 15 is 0 Å². The first-order chi connectivity index (χ1) is 7.66. The van der Waals surface area contributed by atoms with E-state index < -0.39 is 0 Å². The predicted octanol–water partition coefficient (Wildman–Crippen LogP) is 5.20. The van der Waals surface area contributed by atoms with Gasteiger partial charge in [0, 0.05) is 113 Å². The molecule has 0 amide bonds. The summed E-state index contributed by atoms with van der Waals surface area (Å²) < 4.78 is 0. The summed E-state index contributed by atoms with van der Waals surface area (Å²) in [7, 11) is 0. The minimum atomic E-state index is 0. The van der Waals surface area contributed by atoms with Crippen LogP contribution in [0.25, 0.3) is 0 Å². The van der Waals surface area contributed by atoms with Gasteiger partial charge in [-0.25, -0.2) is 0 Å². The van der Waals surface area contributed by atoms with Crippen LogP contribution >= 0.6 is 0 Å². The van der Waals surface area contributed by atoms with Gasteiger partial charge in [-0.05, 0) is 49.4 Å². The van der Waals surface area contributed by atoms with Crippen LogP contribution in [0.2, 0.25) is 0 Å². The summed E-state index contributed by atoms with van der Waals surface area (Å²) >= 11 is 0. The Bertz CT molecular complexity index is 212. The van der Waals surface area contributed by atoms with Crippen molar-refractivity contribution in [3.8, 4) is 0 Å². The van der Waals surface area contributed by atoms with Crippen LogP contribution in [0, 0.1) is 137 Å². The molecule has 0 nitrogen and oxygen atoms in total. The van der Waals surface area contributed by atoms with Crippen LogP contribution in [0.4, 0.5) is 0 Å². The van der Waals surface area contributed by atoms with Crippen molar-refractivity contribution in [3.63, 3.8) is 0 Å². The summed E-state index contributed by atoms with van der Waals surface area (Å²) in [5, 5.41) is 0. The SMILES string of the molecule is C=C(C1CCC(C)CC1)C1CCC(C)CC1.[Ar].[Ar].[Ar]. The van der Waals surface area contributed by atoms with Crippen LogP contribution in [0.15, 0.2) is 12.2 Å². The van der Waals surface area contributed by atoms with E-state index in [1.54, 1.807) is 5.57 Å². The molecule has 19 heavy (non-hydrogen) atoms. The Kier molecular flexibility index (Phi) is 16.8. The fourth-order valence-electron chi connectivity index (χ4n) is 3.60. The average Bonchev–Trinajstić information content (AvgIpc) is 2.30. The van der Waals surface area contributed by atoms with E-state index in [0.717, 1.165) is 23.7 Å². The van der Waals surface area contributed by atoms with Gasteiger partial charge in [-0.2, -0.15) is 0 Å². The van der Waals surface area contributed by atoms with Crippen molar-refractivity contribution in [1.82, 2.24) is 0 Å². The summed E-state index contributed by atoms with van der Waals surface area (Å²) in [5.74, 6) is 3.68. The molecule has 0 aromatic rings. The van der Waals surface area contributed by atoms with Gasteiger partial charge in [0.1, 0.15) is 0 Å². The molecule has 2 aliphatic rings. The minimum absolute atomic E-state index is 0. The fraction of sp³-hybridized carbons (Fsp3) is 0.875. The van der Waals surface area contributed by atoms with Gasteiger partial charge in [0.05, 0.1) is 0 Å². The zero-order chi connectivity index (χ0) is 11.5. The van der Waals surface area contributed by atoms with Gasteiger partial charge in [0.25, 0.3) is 0 Å². The van der Waals surface area contributed by atoms with Crippen LogP contribution in [-0.4, -0.2) is 0 Å². The van der Waals surface area contributed by atoms with Crippen LogP contribution in [0.5, 0.6) is 0 Å². The smallest absolute Gasteiger partial charge is 0 e. The third kappa shape index (κ3) is 8.25. The summed E-state index contributed by atoms with van der Waals surface area (Å²) in [6.45, 7) is 9.26. The molecule has 0 spiro atoms. The molecule has 0 unspecified atom stereocenters. The van der Waals surface area contributed by atoms with Gasteiger partial charge in [-0.3, -0.25) is 0 Å². The monoisotopic (exact) mass is 340 g/mol. The second-order valence-electron chi connectivity index (χ2n) is 6.49. The largest absolute Gasteiger partial charge is 0.0993 e. The molecule has 0 bridgehead atoms. The van der Waals surface area contributed by atoms with E-state index in [-0.39, 0.29) is 113 Å². The molecule has 2 aliphatic carbocycles. The second kappa shape index (κ2) is 12.9. The molecule has 2 rings (SSSR count). The molecular formula is C16H28Ar3. The van der Waals surface area contributed by atoms with Crippen molar-refractivity contribution in [3.05, 3.63) is 12.2 Å². The molecule has 3 heteroatoms. The van der Waals surface area contributed by atoms with Crippen LogP contribution in [0.3, 0.4) is 0 Å². The summed E-state index contributed by atoms with van der Waals surface area (Å²) in [6.07, 6.45) is 11.4. The van der Waals surface area contributed by atoms with Gasteiger partial charge in [0.2, 0.25) is 0 Å². The van der Waals surface area contributed by atoms with E-state index in [9.17, 15) is 0 Å². The maximum absolute atomic E-state index is 4.45. The van der Waals surface area contributed by atoms with Gasteiger partial charge in [-0.15, -0.1) is 0 Å². The normalized spacial score (nSPS) is 34.2. The Labute approximate surface area is 210 Å². The van der Waals surface area contributed by atoms with Crippen LogP contribution < -0.4 is 0 Å². The maximum Gasteiger partial charge on any atom is 0 e. The van der Waals surface area contributed by atoms with E-state index in [4.69, 9.17) is 0 Å². The average molecular weight is 340 g/mol. The number of hydrogen-bond acceptors (Lipinski definition) is 0. The van der Waals surface area contributed by atoms with E-state index in [1.165, 1.54) is 51.4 Å². The summed E-state index contributed by atoms with van der Waals surface area (Å²) in [5.41, 5.74) is 1.62. The molecule has 0 aromatic heterocycles. The van der Waals surface area contributed by atoms with Crippen molar-refractivity contribution in [2.24, 2.45) is 23.7 Å². The van der Waals surface area contributed by atoms with Crippen molar-refractivity contribution in [2.75, 3.05) is 0 Å². The van der Waals surface area contributed by atoms with Crippen molar-refractivity contribution in [2.45, 2.75) is 65.2 Å². The Hall–Kier alpha value is 3.52.